The monoisotopic (exact) mass is 235 g/mol. The van der Waals surface area contributed by atoms with Crippen molar-refractivity contribution in [3.8, 4) is 0 Å². The fourth-order valence-corrected chi connectivity index (χ4v) is 1.60. The Kier molecular flexibility index (Phi) is 3.66. The summed E-state index contributed by atoms with van der Waals surface area (Å²) in [4.78, 5) is 16.2. The van der Waals surface area contributed by atoms with E-state index >= 15 is 0 Å². The molecule has 1 saturated heterocycles. The Hall–Kier alpha value is -1.95. The number of pyridine rings is 1. The number of morpholine rings is 1. The second-order valence-corrected chi connectivity index (χ2v) is 3.66. The molecular formula is C11H13N3O3. The lowest BCUT2D eigenvalue weighted by Crippen LogP contribution is -2.31. The molecule has 1 aliphatic rings. The molecule has 0 saturated carbocycles. The molecule has 1 aromatic heterocycles. The van der Waals surface area contributed by atoms with Crippen LogP contribution in [0.5, 0.6) is 0 Å². The first-order chi connectivity index (χ1) is 8.27. The summed E-state index contributed by atoms with van der Waals surface area (Å²) in [5.41, 5.74) is 0.591. The van der Waals surface area contributed by atoms with Gasteiger partial charge in [0.1, 0.15) is 6.20 Å². The predicted octanol–water partition coefficient (Wildman–Crippen LogP) is 1.29. The molecule has 0 aromatic carbocycles. The van der Waals surface area contributed by atoms with E-state index in [0.717, 1.165) is 13.1 Å². The van der Waals surface area contributed by atoms with Crippen LogP contribution >= 0.6 is 0 Å². The molecule has 0 N–H and O–H groups in total. The Morgan fingerprint density at radius 1 is 1.47 bits per heavy atom. The summed E-state index contributed by atoms with van der Waals surface area (Å²) < 4.78 is 5.22. The van der Waals surface area contributed by atoms with Crippen LogP contribution in [0.4, 0.5) is 5.69 Å². The average Bonchev–Trinajstić information content (AvgIpc) is 2.38. The van der Waals surface area contributed by atoms with Crippen LogP contribution in [0.2, 0.25) is 0 Å². The average molecular weight is 235 g/mol. The van der Waals surface area contributed by atoms with Crippen molar-refractivity contribution in [3.05, 3.63) is 40.3 Å². The van der Waals surface area contributed by atoms with Gasteiger partial charge >= 0.3 is 0 Å². The number of ether oxygens (including phenoxy) is 1. The second-order valence-electron chi connectivity index (χ2n) is 3.66. The summed E-state index contributed by atoms with van der Waals surface area (Å²) in [6.07, 6.45) is 6.42. The van der Waals surface area contributed by atoms with Crippen molar-refractivity contribution < 1.29 is 9.66 Å². The molecular weight excluding hydrogens is 222 g/mol. The quantitative estimate of drug-likeness (QED) is 0.583. The molecule has 0 unspecified atom stereocenters. The molecule has 0 spiro atoms. The lowest BCUT2D eigenvalue weighted by atomic mass is 10.2. The summed E-state index contributed by atoms with van der Waals surface area (Å²) in [7, 11) is 0. The predicted molar refractivity (Wildman–Crippen MR) is 62.3 cm³/mol. The maximum Gasteiger partial charge on any atom is 0.294 e. The van der Waals surface area contributed by atoms with Crippen molar-refractivity contribution in [2.45, 2.75) is 0 Å². The normalized spacial score (nSPS) is 16.4. The van der Waals surface area contributed by atoms with Crippen LogP contribution in [-0.4, -0.2) is 41.1 Å². The summed E-state index contributed by atoms with van der Waals surface area (Å²) in [5, 5.41) is 10.8. The molecule has 0 radical (unpaired) electrons. The molecule has 90 valence electrons. The summed E-state index contributed by atoms with van der Waals surface area (Å²) in [6, 6.07) is 1.63. The van der Waals surface area contributed by atoms with Crippen molar-refractivity contribution in [1.29, 1.82) is 0 Å². The number of aromatic nitrogens is 1. The minimum atomic E-state index is -0.425. The molecule has 0 aliphatic carbocycles. The first-order valence-corrected chi connectivity index (χ1v) is 5.36. The van der Waals surface area contributed by atoms with E-state index < -0.39 is 4.92 Å². The topological polar surface area (TPSA) is 68.5 Å². The van der Waals surface area contributed by atoms with Crippen LogP contribution in [0.15, 0.2) is 24.7 Å². The van der Waals surface area contributed by atoms with Gasteiger partial charge in [0, 0.05) is 25.5 Å². The van der Waals surface area contributed by atoms with Gasteiger partial charge in [-0.05, 0) is 12.1 Å². The molecule has 0 bridgehead atoms. The molecule has 17 heavy (non-hydrogen) atoms. The van der Waals surface area contributed by atoms with Gasteiger partial charge in [-0.25, -0.2) is 0 Å². The van der Waals surface area contributed by atoms with E-state index in [9.17, 15) is 10.1 Å². The fraction of sp³-hybridized carbons (Fsp3) is 0.364. The number of hydrogen-bond acceptors (Lipinski definition) is 5. The van der Waals surface area contributed by atoms with Crippen LogP contribution in [0.25, 0.3) is 6.08 Å². The van der Waals surface area contributed by atoms with Gasteiger partial charge in [-0.2, -0.15) is 0 Å². The van der Waals surface area contributed by atoms with Crippen molar-refractivity contribution in [2.24, 2.45) is 0 Å². The molecule has 0 amide bonds. The molecule has 1 fully saturated rings. The minimum Gasteiger partial charge on any atom is -0.378 e. The second kappa shape index (κ2) is 5.40. The SMILES string of the molecule is O=[N+]([O-])c1cnccc1C=CN1CCOCC1. The Labute approximate surface area is 98.7 Å². The number of nitro groups is 1. The van der Waals surface area contributed by atoms with Gasteiger partial charge in [0.25, 0.3) is 5.69 Å². The standard InChI is InChI=1S/C11H13N3O3/c15-14(16)11-9-12-3-1-10(11)2-4-13-5-7-17-8-6-13/h1-4,9H,5-8H2. The van der Waals surface area contributed by atoms with Crippen molar-refractivity contribution in [3.63, 3.8) is 0 Å². The zero-order valence-corrected chi connectivity index (χ0v) is 9.28. The van der Waals surface area contributed by atoms with E-state index in [1.54, 1.807) is 18.3 Å². The lowest BCUT2D eigenvalue weighted by Gasteiger charge is -2.24. The summed E-state index contributed by atoms with van der Waals surface area (Å²) in [5.74, 6) is 0. The van der Waals surface area contributed by atoms with E-state index in [2.05, 4.69) is 9.88 Å². The van der Waals surface area contributed by atoms with Gasteiger partial charge in [0.05, 0.1) is 23.7 Å². The lowest BCUT2D eigenvalue weighted by molar-refractivity contribution is -0.385. The highest BCUT2D eigenvalue weighted by atomic mass is 16.6. The molecule has 1 aliphatic heterocycles. The van der Waals surface area contributed by atoms with Gasteiger partial charge < -0.3 is 9.64 Å². The maximum absolute atomic E-state index is 10.8. The van der Waals surface area contributed by atoms with Gasteiger partial charge in [-0.3, -0.25) is 15.1 Å². The first-order valence-electron chi connectivity index (χ1n) is 5.36. The van der Waals surface area contributed by atoms with Crippen LogP contribution < -0.4 is 0 Å². The van der Waals surface area contributed by atoms with E-state index in [-0.39, 0.29) is 5.69 Å². The van der Waals surface area contributed by atoms with E-state index in [0.29, 0.717) is 18.8 Å². The highest BCUT2D eigenvalue weighted by molar-refractivity contribution is 5.59. The zero-order valence-electron chi connectivity index (χ0n) is 9.28. The van der Waals surface area contributed by atoms with E-state index in [1.165, 1.54) is 6.20 Å². The Balaban J connectivity index is 2.11. The maximum atomic E-state index is 10.8. The largest absolute Gasteiger partial charge is 0.378 e. The Bertz CT molecular complexity index is 428. The van der Waals surface area contributed by atoms with Gasteiger partial charge in [-0.1, -0.05) is 0 Å². The third-order valence-electron chi connectivity index (χ3n) is 2.54. The summed E-state index contributed by atoms with van der Waals surface area (Å²) in [6.45, 7) is 3.02. The number of hydrogen-bond donors (Lipinski definition) is 0. The van der Waals surface area contributed by atoms with E-state index in [4.69, 9.17) is 4.74 Å². The van der Waals surface area contributed by atoms with Crippen molar-refractivity contribution >= 4 is 11.8 Å². The zero-order chi connectivity index (χ0) is 12.1. The summed E-state index contributed by atoms with van der Waals surface area (Å²) >= 11 is 0. The van der Waals surface area contributed by atoms with E-state index in [1.807, 2.05) is 6.20 Å². The molecule has 0 atom stereocenters. The smallest absolute Gasteiger partial charge is 0.294 e. The number of rotatable bonds is 3. The highest BCUT2D eigenvalue weighted by Crippen LogP contribution is 2.17. The first kappa shape index (κ1) is 11.5. The van der Waals surface area contributed by atoms with Crippen molar-refractivity contribution in [2.75, 3.05) is 26.3 Å². The van der Waals surface area contributed by atoms with Gasteiger partial charge in [0.2, 0.25) is 0 Å². The molecule has 6 nitrogen and oxygen atoms in total. The van der Waals surface area contributed by atoms with Crippen LogP contribution in [-0.2, 0) is 4.74 Å². The Morgan fingerprint density at radius 3 is 2.94 bits per heavy atom. The molecule has 1 aromatic rings. The minimum absolute atomic E-state index is 0.0250. The van der Waals surface area contributed by atoms with Crippen LogP contribution in [0, 0.1) is 10.1 Å². The third kappa shape index (κ3) is 3.01. The molecule has 2 heterocycles. The van der Waals surface area contributed by atoms with Crippen LogP contribution in [0.3, 0.4) is 0 Å². The van der Waals surface area contributed by atoms with Crippen molar-refractivity contribution in [1.82, 2.24) is 9.88 Å². The Morgan fingerprint density at radius 2 is 2.24 bits per heavy atom. The van der Waals surface area contributed by atoms with Crippen LogP contribution in [0.1, 0.15) is 5.56 Å². The molecule has 2 rings (SSSR count). The number of nitrogens with zero attached hydrogens (tertiary/aromatic N) is 3. The highest BCUT2D eigenvalue weighted by Gasteiger charge is 2.11. The molecule has 6 heteroatoms. The third-order valence-corrected chi connectivity index (χ3v) is 2.54. The van der Waals surface area contributed by atoms with Gasteiger partial charge in [0.15, 0.2) is 0 Å². The van der Waals surface area contributed by atoms with Gasteiger partial charge in [-0.15, -0.1) is 0 Å². The fourth-order valence-electron chi connectivity index (χ4n) is 1.60.